The van der Waals surface area contributed by atoms with Gasteiger partial charge in [0.15, 0.2) is 0 Å². The fourth-order valence-corrected chi connectivity index (χ4v) is 5.67. The van der Waals surface area contributed by atoms with Crippen LogP contribution in [0.3, 0.4) is 0 Å². The first-order valence-corrected chi connectivity index (χ1v) is 15.5. The molecule has 0 saturated heterocycles. The summed E-state index contributed by atoms with van der Waals surface area (Å²) in [6, 6.07) is 23.2. The number of carbonyl (C=O) groups is 2. The van der Waals surface area contributed by atoms with Gasteiger partial charge in [0.1, 0.15) is 12.6 Å². The monoisotopic (exact) mass is 613 g/mol. The van der Waals surface area contributed by atoms with Crippen molar-refractivity contribution in [1.29, 1.82) is 0 Å². The van der Waals surface area contributed by atoms with Crippen LogP contribution in [0.15, 0.2) is 83.3 Å². The SMILES string of the molecule is Cc1ccccc1CN(C(=O)CN(c1ccccc1Br)S(C)(=O)=O)[C@@H](Cc1ccccc1)C(=O)NCC(C)C. The molecule has 9 heteroatoms. The van der Waals surface area contributed by atoms with Crippen molar-refractivity contribution in [2.75, 3.05) is 23.7 Å². The summed E-state index contributed by atoms with van der Waals surface area (Å²) in [5, 5.41) is 2.99. The first-order valence-electron chi connectivity index (χ1n) is 12.8. The maximum atomic E-state index is 14.1. The third-order valence-corrected chi connectivity index (χ3v) is 8.15. The molecule has 1 N–H and O–H groups in total. The summed E-state index contributed by atoms with van der Waals surface area (Å²) in [6.07, 6.45) is 1.36. The summed E-state index contributed by atoms with van der Waals surface area (Å²) in [6.45, 7) is 6.13. The van der Waals surface area contributed by atoms with Crippen LogP contribution in [-0.4, -0.2) is 50.5 Å². The van der Waals surface area contributed by atoms with Crippen molar-refractivity contribution in [2.45, 2.75) is 39.8 Å². The van der Waals surface area contributed by atoms with Crippen LogP contribution in [0.5, 0.6) is 0 Å². The fourth-order valence-electron chi connectivity index (χ4n) is 4.20. The number of hydrogen-bond donors (Lipinski definition) is 1. The first-order chi connectivity index (χ1) is 18.5. The van der Waals surface area contributed by atoms with Crippen LogP contribution < -0.4 is 9.62 Å². The minimum Gasteiger partial charge on any atom is -0.354 e. The summed E-state index contributed by atoms with van der Waals surface area (Å²) in [5.41, 5.74) is 3.11. The van der Waals surface area contributed by atoms with E-state index < -0.39 is 28.5 Å². The predicted octanol–water partition coefficient (Wildman–Crippen LogP) is 4.94. The molecule has 0 aliphatic rings. The molecule has 3 aromatic carbocycles. The molecule has 0 radical (unpaired) electrons. The maximum absolute atomic E-state index is 14.1. The van der Waals surface area contributed by atoms with Crippen molar-refractivity contribution >= 4 is 43.5 Å². The van der Waals surface area contributed by atoms with Crippen molar-refractivity contribution in [3.05, 3.63) is 100 Å². The van der Waals surface area contributed by atoms with Crippen LogP contribution in [0.1, 0.15) is 30.5 Å². The number of amides is 2. The fraction of sp³-hybridized carbons (Fsp3) is 0.333. The summed E-state index contributed by atoms with van der Waals surface area (Å²) in [4.78, 5) is 29.2. The molecule has 0 heterocycles. The topological polar surface area (TPSA) is 86.8 Å². The van der Waals surface area contributed by atoms with Gasteiger partial charge in [-0.15, -0.1) is 0 Å². The lowest BCUT2D eigenvalue weighted by molar-refractivity contribution is -0.140. The highest BCUT2D eigenvalue weighted by Gasteiger charge is 2.33. The molecule has 1 atom stereocenters. The number of hydrogen-bond acceptors (Lipinski definition) is 4. The Kier molecular flexibility index (Phi) is 10.7. The zero-order valence-corrected chi connectivity index (χ0v) is 25.2. The number of rotatable bonds is 12. The standard InChI is InChI=1S/C30H36BrN3O4S/c1-22(2)19-32-30(36)28(18-24-13-6-5-7-14-24)33(20-25-15-9-8-12-23(25)3)29(35)21-34(39(4,37)38)27-17-11-10-16-26(27)31/h5-17,22,28H,18-21H2,1-4H3,(H,32,36)/t28-/m0/s1. The molecule has 0 unspecified atom stereocenters. The highest BCUT2D eigenvalue weighted by atomic mass is 79.9. The number of aryl methyl sites for hydroxylation is 1. The number of nitrogens with one attached hydrogen (secondary N) is 1. The van der Waals surface area contributed by atoms with E-state index in [1.54, 1.807) is 24.3 Å². The molecule has 0 aromatic heterocycles. The Balaban J connectivity index is 2.06. The third-order valence-electron chi connectivity index (χ3n) is 6.36. The maximum Gasteiger partial charge on any atom is 0.244 e. The zero-order valence-electron chi connectivity index (χ0n) is 22.8. The summed E-state index contributed by atoms with van der Waals surface area (Å²) in [5.74, 6) is -0.524. The van der Waals surface area contributed by atoms with Crippen LogP contribution in [-0.2, 0) is 32.6 Å². The van der Waals surface area contributed by atoms with Gasteiger partial charge in [-0.05, 0) is 57.6 Å². The second-order valence-electron chi connectivity index (χ2n) is 10.0. The Labute approximate surface area is 240 Å². The van der Waals surface area contributed by atoms with E-state index in [0.29, 0.717) is 16.7 Å². The van der Waals surface area contributed by atoms with Gasteiger partial charge in [-0.2, -0.15) is 0 Å². The number of halogens is 1. The smallest absolute Gasteiger partial charge is 0.244 e. The normalized spacial score (nSPS) is 12.2. The largest absolute Gasteiger partial charge is 0.354 e. The van der Waals surface area contributed by atoms with Crippen LogP contribution in [0.2, 0.25) is 0 Å². The molecule has 208 valence electrons. The third kappa shape index (κ3) is 8.66. The van der Waals surface area contributed by atoms with E-state index in [-0.39, 0.29) is 24.8 Å². The lowest BCUT2D eigenvalue weighted by Gasteiger charge is -2.34. The Morgan fingerprint density at radius 3 is 2.15 bits per heavy atom. The predicted molar refractivity (Wildman–Crippen MR) is 160 cm³/mol. The van der Waals surface area contributed by atoms with Crippen LogP contribution in [0, 0.1) is 12.8 Å². The van der Waals surface area contributed by atoms with Crippen molar-refractivity contribution < 1.29 is 18.0 Å². The van der Waals surface area contributed by atoms with Gasteiger partial charge < -0.3 is 10.2 Å². The Morgan fingerprint density at radius 2 is 1.54 bits per heavy atom. The van der Waals surface area contributed by atoms with Gasteiger partial charge in [0, 0.05) is 24.0 Å². The Morgan fingerprint density at radius 1 is 0.923 bits per heavy atom. The minimum absolute atomic E-state index is 0.158. The van der Waals surface area contributed by atoms with E-state index >= 15 is 0 Å². The molecule has 0 aliphatic carbocycles. The number of para-hydroxylation sites is 1. The Hall–Kier alpha value is -3.17. The first kappa shape index (κ1) is 30.4. The number of benzene rings is 3. The van der Waals surface area contributed by atoms with Crippen molar-refractivity contribution in [1.82, 2.24) is 10.2 Å². The summed E-state index contributed by atoms with van der Waals surface area (Å²) in [7, 11) is -3.82. The molecule has 0 bridgehead atoms. The van der Waals surface area contributed by atoms with Crippen molar-refractivity contribution in [3.8, 4) is 0 Å². The molecule has 39 heavy (non-hydrogen) atoms. The molecular weight excluding hydrogens is 578 g/mol. The Bertz CT molecular complexity index is 1380. The number of carbonyl (C=O) groups excluding carboxylic acids is 2. The van der Waals surface area contributed by atoms with Gasteiger partial charge in [0.2, 0.25) is 21.8 Å². The van der Waals surface area contributed by atoms with E-state index in [4.69, 9.17) is 0 Å². The van der Waals surface area contributed by atoms with Gasteiger partial charge in [0.05, 0.1) is 11.9 Å². The lowest BCUT2D eigenvalue weighted by Crippen LogP contribution is -2.53. The average molecular weight is 615 g/mol. The molecular formula is C30H36BrN3O4S. The quantitative estimate of drug-likeness (QED) is 0.314. The highest BCUT2D eigenvalue weighted by Crippen LogP contribution is 2.28. The minimum atomic E-state index is -3.82. The van der Waals surface area contributed by atoms with Crippen molar-refractivity contribution in [3.63, 3.8) is 0 Å². The highest BCUT2D eigenvalue weighted by molar-refractivity contribution is 9.10. The molecule has 0 fully saturated rings. The molecule has 7 nitrogen and oxygen atoms in total. The lowest BCUT2D eigenvalue weighted by atomic mass is 10.0. The molecule has 0 saturated carbocycles. The second-order valence-corrected chi connectivity index (χ2v) is 12.8. The van der Waals surface area contributed by atoms with Crippen LogP contribution in [0.4, 0.5) is 5.69 Å². The van der Waals surface area contributed by atoms with Gasteiger partial charge in [-0.25, -0.2) is 8.42 Å². The molecule has 0 aliphatic heterocycles. The summed E-state index contributed by atoms with van der Waals surface area (Å²) >= 11 is 3.41. The van der Waals surface area contributed by atoms with E-state index in [9.17, 15) is 18.0 Å². The van der Waals surface area contributed by atoms with E-state index in [1.165, 1.54) is 4.90 Å². The van der Waals surface area contributed by atoms with Gasteiger partial charge >= 0.3 is 0 Å². The van der Waals surface area contributed by atoms with Crippen LogP contribution >= 0.6 is 15.9 Å². The average Bonchev–Trinajstić information content (AvgIpc) is 2.89. The zero-order chi connectivity index (χ0) is 28.6. The molecule has 3 rings (SSSR count). The second kappa shape index (κ2) is 13.8. The van der Waals surface area contributed by atoms with Gasteiger partial charge in [-0.1, -0.05) is 80.6 Å². The molecule has 0 spiro atoms. The van der Waals surface area contributed by atoms with Gasteiger partial charge in [-0.3, -0.25) is 13.9 Å². The van der Waals surface area contributed by atoms with E-state index in [2.05, 4.69) is 21.2 Å². The molecule has 2 amide bonds. The summed E-state index contributed by atoms with van der Waals surface area (Å²) < 4.78 is 27.4. The number of anilines is 1. The molecule has 3 aromatic rings. The van der Waals surface area contributed by atoms with Crippen molar-refractivity contribution in [2.24, 2.45) is 5.92 Å². The van der Waals surface area contributed by atoms with Crippen LogP contribution in [0.25, 0.3) is 0 Å². The van der Waals surface area contributed by atoms with Gasteiger partial charge in [0.25, 0.3) is 0 Å². The number of nitrogens with zero attached hydrogens (tertiary/aromatic N) is 2. The van der Waals surface area contributed by atoms with E-state index in [0.717, 1.165) is 27.3 Å². The number of sulfonamides is 1. The van der Waals surface area contributed by atoms with E-state index in [1.807, 2.05) is 75.4 Å².